The highest BCUT2D eigenvalue weighted by Gasteiger charge is 2.78. The second-order valence-electron chi connectivity index (χ2n) is 8.00. The van der Waals surface area contributed by atoms with Gasteiger partial charge in [0.15, 0.2) is 0 Å². The number of hydrogen-bond acceptors (Lipinski definition) is 3. The Morgan fingerprint density at radius 3 is 2.74 bits per heavy atom. The monoisotopic (exact) mass is 313 g/mol. The molecule has 2 saturated heterocycles. The van der Waals surface area contributed by atoms with Gasteiger partial charge in [0.05, 0.1) is 18.1 Å². The first kappa shape index (κ1) is 14.0. The van der Waals surface area contributed by atoms with E-state index in [4.69, 9.17) is 4.74 Å². The second-order valence-corrected chi connectivity index (χ2v) is 8.00. The fraction of sp³-hybridized carbons (Fsp3) is 0.632. The Bertz CT molecular complexity index is 660. The summed E-state index contributed by atoms with van der Waals surface area (Å²) in [5, 5.41) is 10.5. The van der Waals surface area contributed by atoms with Gasteiger partial charge < -0.3 is 14.7 Å². The molecular formula is C19H23NO3. The molecule has 2 saturated carbocycles. The fourth-order valence-corrected chi connectivity index (χ4v) is 6.08. The molecule has 1 aromatic rings. The van der Waals surface area contributed by atoms with Crippen LogP contribution in [0.1, 0.15) is 25.8 Å². The number of ether oxygens (including phenoxy) is 1. The van der Waals surface area contributed by atoms with E-state index in [0.717, 1.165) is 12.0 Å². The van der Waals surface area contributed by atoms with Crippen LogP contribution in [0, 0.1) is 29.6 Å². The molecular weight excluding hydrogens is 290 g/mol. The lowest BCUT2D eigenvalue weighted by molar-refractivity contribution is -0.195. The quantitative estimate of drug-likeness (QED) is 0.929. The maximum atomic E-state index is 13.2. The summed E-state index contributed by atoms with van der Waals surface area (Å²) in [5.41, 5.74) is 0.612. The Balaban J connectivity index is 1.59. The largest absolute Gasteiger partial charge is 0.390 e. The number of carbonyl (C=O) groups is 1. The number of carbonyl (C=O) groups excluding carboxylic acids is 1. The van der Waals surface area contributed by atoms with Crippen LogP contribution in [0.5, 0.6) is 0 Å². The van der Waals surface area contributed by atoms with Gasteiger partial charge in [-0.1, -0.05) is 44.2 Å². The molecule has 1 N–H and O–H groups in total. The van der Waals surface area contributed by atoms with Gasteiger partial charge in [-0.2, -0.15) is 0 Å². The molecule has 122 valence electrons. The van der Waals surface area contributed by atoms with Gasteiger partial charge >= 0.3 is 0 Å². The van der Waals surface area contributed by atoms with Gasteiger partial charge in [-0.05, 0) is 23.8 Å². The predicted molar refractivity (Wildman–Crippen MR) is 84.0 cm³/mol. The number of amides is 1. The lowest BCUT2D eigenvalue weighted by Gasteiger charge is -2.42. The van der Waals surface area contributed by atoms with Crippen molar-refractivity contribution >= 4 is 5.91 Å². The predicted octanol–water partition coefficient (Wildman–Crippen LogP) is 2.02. The summed E-state index contributed by atoms with van der Waals surface area (Å²) in [6.45, 7) is 4.91. The van der Waals surface area contributed by atoms with Gasteiger partial charge in [0.1, 0.15) is 5.72 Å². The van der Waals surface area contributed by atoms with E-state index in [9.17, 15) is 9.90 Å². The van der Waals surface area contributed by atoms with E-state index in [-0.39, 0.29) is 35.7 Å². The van der Waals surface area contributed by atoms with Crippen LogP contribution < -0.4 is 0 Å². The van der Waals surface area contributed by atoms with E-state index in [0.29, 0.717) is 12.5 Å². The van der Waals surface area contributed by atoms with Crippen molar-refractivity contribution in [2.75, 3.05) is 0 Å². The van der Waals surface area contributed by atoms with Crippen molar-refractivity contribution < 1.29 is 14.6 Å². The smallest absolute Gasteiger partial charge is 0.229 e. The molecule has 2 aliphatic carbocycles. The number of rotatable bonds is 3. The molecule has 2 bridgehead atoms. The van der Waals surface area contributed by atoms with Crippen molar-refractivity contribution in [3.05, 3.63) is 35.9 Å². The van der Waals surface area contributed by atoms with Crippen LogP contribution in [0.15, 0.2) is 30.3 Å². The van der Waals surface area contributed by atoms with Crippen molar-refractivity contribution in [1.82, 2.24) is 4.90 Å². The molecule has 0 radical (unpaired) electrons. The molecule has 4 aliphatic rings. The minimum absolute atomic E-state index is 0.0418. The van der Waals surface area contributed by atoms with Crippen LogP contribution in [0.2, 0.25) is 0 Å². The highest BCUT2D eigenvalue weighted by molar-refractivity contribution is 5.84. The van der Waals surface area contributed by atoms with Gasteiger partial charge in [0.2, 0.25) is 5.91 Å². The number of likely N-dealkylation sites (tertiary alicyclic amines) is 1. The maximum absolute atomic E-state index is 13.2. The van der Waals surface area contributed by atoms with Crippen LogP contribution in [0.25, 0.3) is 0 Å². The lowest BCUT2D eigenvalue weighted by Crippen LogP contribution is -2.53. The van der Waals surface area contributed by atoms with Crippen LogP contribution in [0.4, 0.5) is 0 Å². The topological polar surface area (TPSA) is 49.8 Å². The fourth-order valence-electron chi connectivity index (χ4n) is 6.08. The van der Waals surface area contributed by atoms with Gasteiger partial charge in [-0.25, -0.2) is 0 Å². The zero-order valence-electron chi connectivity index (χ0n) is 13.6. The third kappa shape index (κ3) is 1.47. The van der Waals surface area contributed by atoms with Crippen molar-refractivity contribution in [2.45, 2.75) is 44.7 Å². The van der Waals surface area contributed by atoms with Crippen LogP contribution in [-0.4, -0.2) is 33.8 Å². The molecule has 4 nitrogen and oxygen atoms in total. The number of aliphatic hydroxyl groups excluding tert-OH is 1. The molecule has 1 aromatic carbocycles. The van der Waals surface area contributed by atoms with Crippen molar-refractivity contribution in [3.8, 4) is 0 Å². The molecule has 7 unspecified atom stereocenters. The first-order valence-electron chi connectivity index (χ1n) is 8.77. The second kappa shape index (κ2) is 4.37. The molecule has 7 atom stereocenters. The Kier molecular flexibility index (Phi) is 2.66. The van der Waals surface area contributed by atoms with E-state index in [1.807, 2.05) is 23.1 Å². The lowest BCUT2D eigenvalue weighted by atomic mass is 9.74. The molecule has 1 amide bonds. The summed E-state index contributed by atoms with van der Waals surface area (Å²) in [7, 11) is 0. The molecule has 4 fully saturated rings. The van der Waals surface area contributed by atoms with Crippen LogP contribution >= 0.6 is 0 Å². The van der Waals surface area contributed by atoms with Crippen molar-refractivity contribution in [3.63, 3.8) is 0 Å². The molecule has 0 spiro atoms. The zero-order chi connectivity index (χ0) is 15.9. The van der Waals surface area contributed by atoms with Gasteiger partial charge in [0.25, 0.3) is 0 Å². The Hall–Kier alpha value is -1.39. The Morgan fingerprint density at radius 1 is 1.30 bits per heavy atom. The summed E-state index contributed by atoms with van der Waals surface area (Å²) in [5.74, 6) is 1.09. The average Bonchev–Trinajstić information content (AvgIpc) is 3.20. The summed E-state index contributed by atoms with van der Waals surface area (Å²) in [4.78, 5) is 15.2. The average molecular weight is 313 g/mol. The first-order chi connectivity index (χ1) is 11.1. The molecule has 4 heteroatoms. The number of hydrogen-bond donors (Lipinski definition) is 1. The minimum atomic E-state index is -0.529. The van der Waals surface area contributed by atoms with Gasteiger partial charge in [0, 0.05) is 18.4 Å². The minimum Gasteiger partial charge on any atom is -0.390 e. The number of aliphatic hydroxyl groups is 1. The molecule has 23 heavy (non-hydrogen) atoms. The number of fused-ring (bicyclic) bond motifs is 2. The highest BCUT2D eigenvalue weighted by atomic mass is 16.6. The van der Waals surface area contributed by atoms with E-state index in [1.165, 1.54) is 0 Å². The summed E-state index contributed by atoms with van der Waals surface area (Å²) in [6.07, 6.45) is 0.431. The van der Waals surface area contributed by atoms with E-state index < -0.39 is 11.8 Å². The normalized spacial score (nSPS) is 46.4. The van der Waals surface area contributed by atoms with Crippen LogP contribution in [0.3, 0.4) is 0 Å². The number of benzene rings is 1. The molecule has 2 heterocycles. The highest BCUT2D eigenvalue weighted by Crippen LogP contribution is 2.69. The first-order valence-corrected chi connectivity index (χ1v) is 8.77. The SMILES string of the molecule is CC(C)C12OC3C(O)C4CC3C1C4C(=O)N2Cc1ccccc1. The zero-order valence-corrected chi connectivity index (χ0v) is 13.6. The number of nitrogens with zero attached hydrogens (tertiary/aromatic N) is 1. The van der Waals surface area contributed by atoms with Crippen molar-refractivity contribution in [2.24, 2.45) is 29.6 Å². The van der Waals surface area contributed by atoms with E-state index in [1.54, 1.807) is 0 Å². The standard InChI is InChI=1S/C19H23NO3/c1-10(2)19-15-13-8-12(16(21)17(13)23-19)14(15)18(22)20(19)9-11-6-4-3-5-7-11/h3-7,10,12-17,21H,8-9H2,1-2H3. The Morgan fingerprint density at radius 2 is 2.04 bits per heavy atom. The summed E-state index contributed by atoms with van der Waals surface area (Å²) in [6, 6.07) is 10.2. The molecule has 5 rings (SSSR count). The van der Waals surface area contributed by atoms with Crippen LogP contribution in [-0.2, 0) is 16.1 Å². The van der Waals surface area contributed by atoms with Gasteiger partial charge in [-0.15, -0.1) is 0 Å². The summed E-state index contributed by atoms with van der Waals surface area (Å²) < 4.78 is 6.50. The van der Waals surface area contributed by atoms with E-state index in [2.05, 4.69) is 26.0 Å². The third-order valence-electron chi connectivity index (χ3n) is 6.84. The molecule has 0 aromatic heterocycles. The third-order valence-corrected chi connectivity index (χ3v) is 6.84. The van der Waals surface area contributed by atoms with Crippen molar-refractivity contribution in [1.29, 1.82) is 0 Å². The maximum Gasteiger partial charge on any atom is 0.229 e. The summed E-state index contributed by atoms with van der Waals surface area (Å²) >= 11 is 0. The molecule has 2 aliphatic heterocycles. The van der Waals surface area contributed by atoms with Gasteiger partial charge in [-0.3, -0.25) is 4.79 Å². The van der Waals surface area contributed by atoms with E-state index >= 15 is 0 Å². The Labute approximate surface area is 136 Å².